The molecular weight excluding hydrogens is 226 g/mol. The Balaban J connectivity index is 3.91. The summed E-state index contributed by atoms with van der Waals surface area (Å²) in [4.78, 5) is 13.2. The number of hydrogen-bond acceptors (Lipinski definition) is 2. The highest BCUT2D eigenvalue weighted by Crippen LogP contribution is 2.01. The summed E-state index contributed by atoms with van der Waals surface area (Å²) in [6, 6.07) is 0. The Labute approximate surface area is 103 Å². The van der Waals surface area contributed by atoms with Gasteiger partial charge in [-0.2, -0.15) is 0 Å². The molecule has 94 valence electrons. The van der Waals surface area contributed by atoms with Crippen molar-refractivity contribution in [3.63, 3.8) is 0 Å². The molecule has 16 heavy (non-hydrogen) atoms. The molecule has 0 unspecified atom stereocenters. The first-order chi connectivity index (χ1) is 7.61. The summed E-state index contributed by atoms with van der Waals surface area (Å²) >= 11 is 5.58. The number of hydrogen-bond donors (Lipinski definition) is 0. The van der Waals surface area contributed by atoms with Crippen LogP contribution in [0.1, 0.15) is 33.6 Å². The van der Waals surface area contributed by atoms with Gasteiger partial charge in [-0.25, -0.2) is 4.79 Å². The predicted molar refractivity (Wildman–Crippen MR) is 67.7 cm³/mol. The Morgan fingerprint density at radius 3 is 2.62 bits per heavy atom. The van der Waals surface area contributed by atoms with Crippen LogP contribution in [0.25, 0.3) is 0 Å². The van der Waals surface area contributed by atoms with Crippen molar-refractivity contribution in [3.05, 3.63) is 12.3 Å². The molecule has 0 spiro atoms. The average Bonchev–Trinajstić information content (AvgIpc) is 2.23. The summed E-state index contributed by atoms with van der Waals surface area (Å²) in [6.07, 6.45) is 4.88. The summed E-state index contributed by atoms with van der Waals surface area (Å²) in [5.41, 5.74) is 0. The van der Waals surface area contributed by atoms with Gasteiger partial charge in [0.1, 0.15) is 0 Å². The minimum absolute atomic E-state index is 0.283. The van der Waals surface area contributed by atoms with Crippen LogP contribution in [0.15, 0.2) is 12.3 Å². The Kier molecular flexibility index (Phi) is 9.10. The van der Waals surface area contributed by atoms with Crippen molar-refractivity contribution in [3.8, 4) is 0 Å². The number of rotatable bonds is 7. The van der Waals surface area contributed by atoms with E-state index in [0.717, 1.165) is 12.8 Å². The predicted octanol–water partition coefficient (Wildman–Crippen LogP) is 3.63. The van der Waals surface area contributed by atoms with Crippen LogP contribution >= 0.6 is 11.6 Å². The van der Waals surface area contributed by atoms with E-state index >= 15 is 0 Å². The maximum Gasteiger partial charge on any atom is 0.414 e. The van der Waals surface area contributed by atoms with Gasteiger partial charge in [0.05, 0.1) is 6.26 Å². The van der Waals surface area contributed by atoms with E-state index in [1.165, 1.54) is 6.26 Å². The van der Waals surface area contributed by atoms with E-state index in [1.54, 1.807) is 4.90 Å². The van der Waals surface area contributed by atoms with Gasteiger partial charge >= 0.3 is 6.09 Å². The number of unbranched alkanes of at least 4 members (excludes halogenated alkanes) is 1. The van der Waals surface area contributed by atoms with Gasteiger partial charge < -0.3 is 9.64 Å². The molecule has 1 amide bonds. The van der Waals surface area contributed by atoms with Crippen molar-refractivity contribution in [2.24, 2.45) is 5.92 Å². The molecule has 0 aromatic carbocycles. The van der Waals surface area contributed by atoms with Crippen LogP contribution in [0.5, 0.6) is 0 Å². The second-order valence-corrected chi connectivity index (χ2v) is 4.31. The molecule has 0 radical (unpaired) electrons. The van der Waals surface area contributed by atoms with Crippen LogP contribution in [0.4, 0.5) is 4.79 Å². The topological polar surface area (TPSA) is 29.5 Å². The number of carbonyl (C=O) groups excluding carboxylic acids is 1. The number of alkyl halides is 1. The zero-order valence-corrected chi connectivity index (χ0v) is 11.2. The van der Waals surface area contributed by atoms with Gasteiger partial charge in [-0.3, -0.25) is 0 Å². The molecule has 0 atom stereocenters. The first kappa shape index (κ1) is 15.3. The van der Waals surface area contributed by atoms with E-state index in [1.807, 2.05) is 26.8 Å². The van der Waals surface area contributed by atoms with Crippen LogP contribution in [0.3, 0.4) is 0 Å². The third kappa shape index (κ3) is 7.57. The minimum atomic E-state index is -0.283. The summed E-state index contributed by atoms with van der Waals surface area (Å²) in [6.45, 7) is 7.37. The van der Waals surface area contributed by atoms with Gasteiger partial charge in [0.15, 0.2) is 0 Å². The van der Waals surface area contributed by atoms with Crippen LogP contribution < -0.4 is 0 Å². The fourth-order valence-corrected chi connectivity index (χ4v) is 1.29. The summed E-state index contributed by atoms with van der Waals surface area (Å²) in [5, 5.41) is 0. The molecule has 0 aliphatic heterocycles. The highest BCUT2D eigenvalue weighted by atomic mass is 35.5. The van der Waals surface area contributed by atoms with Crippen LogP contribution in [-0.4, -0.2) is 30.0 Å². The van der Waals surface area contributed by atoms with E-state index in [0.29, 0.717) is 24.9 Å². The normalized spacial score (nSPS) is 11.1. The van der Waals surface area contributed by atoms with Crippen molar-refractivity contribution in [2.45, 2.75) is 33.6 Å². The van der Waals surface area contributed by atoms with Gasteiger partial charge in [0, 0.05) is 19.0 Å². The third-order valence-corrected chi connectivity index (χ3v) is 2.35. The lowest BCUT2D eigenvalue weighted by atomic mass is 10.2. The Morgan fingerprint density at radius 1 is 1.44 bits per heavy atom. The average molecular weight is 248 g/mol. The molecule has 0 aromatic heterocycles. The first-order valence-corrected chi connectivity index (χ1v) is 6.33. The number of carbonyl (C=O) groups is 1. The highest BCUT2D eigenvalue weighted by molar-refractivity contribution is 6.17. The second kappa shape index (κ2) is 9.52. The van der Waals surface area contributed by atoms with Crippen LogP contribution in [-0.2, 0) is 4.74 Å². The van der Waals surface area contributed by atoms with Crippen molar-refractivity contribution in [2.75, 3.05) is 19.0 Å². The van der Waals surface area contributed by atoms with Gasteiger partial charge in [0.2, 0.25) is 0 Å². The van der Waals surface area contributed by atoms with E-state index in [4.69, 9.17) is 16.3 Å². The maximum absolute atomic E-state index is 11.6. The van der Waals surface area contributed by atoms with Gasteiger partial charge in [-0.15, -0.1) is 11.6 Å². The molecule has 0 fully saturated rings. The zero-order valence-electron chi connectivity index (χ0n) is 10.4. The number of nitrogens with zero attached hydrogens (tertiary/aromatic N) is 1. The molecule has 0 aliphatic rings. The highest BCUT2D eigenvalue weighted by Gasteiger charge is 2.10. The first-order valence-electron chi connectivity index (χ1n) is 5.80. The van der Waals surface area contributed by atoms with Crippen molar-refractivity contribution in [1.29, 1.82) is 0 Å². The summed E-state index contributed by atoms with van der Waals surface area (Å²) in [7, 11) is 0. The Morgan fingerprint density at radius 2 is 2.12 bits per heavy atom. The van der Waals surface area contributed by atoms with Crippen LogP contribution in [0, 0.1) is 5.92 Å². The van der Waals surface area contributed by atoms with E-state index in [2.05, 4.69) is 0 Å². The molecule has 0 rings (SSSR count). The fraction of sp³-hybridized carbons (Fsp3) is 0.750. The van der Waals surface area contributed by atoms with Gasteiger partial charge in [-0.1, -0.05) is 13.8 Å². The molecule has 0 heterocycles. The number of amides is 1. The fourth-order valence-electron chi connectivity index (χ4n) is 1.10. The monoisotopic (exact) mass is 247 g/mol. The van der Waals surface area contributed by atoms with E-state index in [-0.39, 0.29) is 6.09 Å². The smallest absolute Gasteiger partial charge is 0.414 e. The van der Waals surface area contributed by atoms with Crippen molar-refractivity contribution < 1.29 is 9.53 Å². The molecule has 0 saturated heterocycles. The van der Waals surface area contributed by atoms with E-state index in [9.17, 15) is 4.79 Å². The van der Waals surface area contributed by atoms with Gasteiger partial charge in [-0.05, 0) is 31.8 Å². The third-order valence-electron chi connectivity index (χ3n) is 2.08. The maximum atomic E-state index is 11.6. The number of halogens is 1. The molecular formula is C12H22ClNO2. The second-order valence-electron chi connectivity index (χ2n) is 3.93. The molecule has 3 nitrogen and oxygen atoms in total. The molecule has 0 saturated carbocycles. The molecule has 0 aromatic rings. The molecule has 0 bridgehead atoms. The lowest BCUT2D eigenvalue weighted by Crippen LogP contribution is -2.31. The molecule has 0 aliphatic carbocycles. The van der Waals surface area contributed by atoms with Crippen molar-refractivity contribution >= 4 is 17.7 Å². The minimum Gasteiger partial charge on any atom is -0.418 e. The van der Waals surface area contributed by atoms with Crippen LogP contribution in [0.2, 0.25) is 0 Å². The Bertz CT molecular complexity index is 217. The lowest BCUT2D eigenvalue weighted by Gasteiger charge is -2.18. The quantitative estimate of drug-likeness (QED) is 0.391. The molecule has 4 heteroatoms. The summed E-state index contributed by atoms with van der Waals surface area (Å²) in [5.74, 6) is 1.03. The van der Waals surface area contributed by atoms with Gasteiger partial charge in [0.25, 0.3) is 0 Å². The standard InChI is InChI=1S/C12H22ClNO2/c1-4-14(9-6-5-8-13)12(15)16-10-7-11(2)3/h7,10-11H,4-6,8-9H2,1-3H3/b10-7+. The SMILES string of the molecule is CCN(CCCCCl)C(=O)O/C=C/C(C)C. The number of allylic oxidation sites excluding steroid dienone is 1. The van der Waals surface area contributed by atoms with Crippen molar-refractivity contribution in [1.82, 2.24) is 4.90 Å². The largest absolute Gasteiger partial charge is 0.418 e. The number of ether oxygens (including phenoxy) is 1. The summed E-state index contributed by atoms with van der Waals surface area (Å²) < 4.78 is 5.01. The Hall–Kier alpha value is -0.700. The zero-order chi connectivity index (χ0) is 12.4. The van der Waals surface area contributed by atoms with E-state index < -0.39 is 0 Å². The molecule has 0 N–H and O–H groups in total. The lowest BCUT2D eigenvalue weighted by molar-refractivity contribution is 0.138.